The van der Waals surface area contributed by atoms with Crippen molar-refractivity contribution in [1.29, 1.82) is 5.26 Å². The number of benzene rings is 5. The van der Waals surface area contributed by atoms with Gasteiger partial charge in [-0.3, -0.25) is 14.4 Å². The van der Waals surface area contributed by atoms with Crippen molar-refractivity contribution in [2.24, 2.45) is 0 Å². The molecule has 13 heteroatoms. The molecule has 0 saturated carbocycles. The number of halogens is 2. The number of fused-ring (bicyclic) bond motifs is 2. The van der Waals surface area contributed by atoms with E-state index < -0.39 is 30.1 Å². The van der Waals surface area contributed by atoms with Gasteiger partial charge in [0.2, 0.25) is 5.91 Å². The van der Waals surface area contributed by atoms with E-state index in [4.69, 9.17) is 37.9 Å². The fourth-order valence-corrected chi connectivity index (χ4v) is 7.85. The topological polar surface area (TPSA) is 159 Å². The van der Waals surface area contributed by atoms with Gasteiger partial charge in [-0.2, -0.15) is 5.26 Å². The second kappa shape index (κ2) is 17.7. The number of hydrogen-bond acceptors (Lipinski definition) is 8. The molecule has 8 rings (SSSR count). The number of rotatable bonds is 11. The molecule has 0 radical (unpaired) electrons. The van der Waals surface area contributed by atoms with Crippen molar-refractivity contribution in [3.8, 4) is 28.7 Å². The van der Waals surface area contributed by atoms with Crippen LogP contribution in [-0.4, -0.2) is 50.6 Å². The van der Waals surface area contributed by atoms with E-state index in [0.29, 0.717) is 44.3 Å². The number of amides is 2. The lowest BCUT2D eigenvalue weighted by Gasteiger charge is -2.37. The molecule has 2 amide bonds. The molecule has 0 fully saturated rings. The van der Waals surface area contributed by atoms with Gasteiger partial charge in [0.05, 0.1) is 16.7 Å². The zero-order valence-electron chi connectivity index (χ0n) is 32.4. The first-order chi connectivity index (χ1) is 29.5. The van der Waals surface area contributed by atoms with E-state index >= 15 is 0 Å². The highest BCUT2D eigenvalue weighted by atomic mass is 35.5. The van der Waals surface area contributed by atoms with Gasteiger partial charge >= 0.3 is 5.97 Å². The van der Waals surface area contributed by atoms with Gasteiger partial charge in [-0.15, -0.1) is 0 Å². The largest absolute Gasteiger partial charge is 0.489 e. The molecule has 304 valence electrons. The second-order valence-corrected chi connectivity index (χ2v) is 15.6. The Labute approximate surface area is 361 Å². The Balaban J connectivity index is 0.991. The monoisotopic (exact) mass is 850 g/mol. The number of nitrogens with zero attached hydrogens (tertiary/aromatic N) is 3. The first-order valence-electron chi connectivity index (χ1n) is 19.4. The molecule has 2 aliphatic rings. The molecule has 0 bridgehead atoms. The number of nitriles is 1. The lowest BCUT2D eigenvalue weighted by molar-refractivity contribution is -0.142. The van der Waals surface area contributed by atoms with Crippen molar-refractivity contribution >= 4 is 46.8 Å². The Morgan fingerprint density at radius 2 is 1.59 bits per heavy atom. The minimum absolute atomic E-state index is 0.00494. The first-order valence-corrected chi connectivity index (χ1v) is 20.1. The summed E-state index contributed by atoms with van der Waals surface area (Å²) in [5.74, 6) is -1.29. The van der Waals surface area contributed by atoms with E-state index in [1.54, 1.807) is 91.1 Å². The molecule has 0 aliphatic carbocycles. The SMILES string of the molecule is N#Cc1ccc(-c2ccc(C[C@H](NC(=O)[C@@H]3Cc4cc5c(cc4CN3C(=O)c3ccccc3)OC(c3ccc(OCc4cnc(Cl)c(Cl)c4)cc3)C(=O)C5)C(=O)O)cc2)cc1. The standard InChI is InChI=1S/C48H36Cl2N4O7/c49-39-18-30(25-52-45(39)50)27-60-38-16-14-33(15-17-38)44-42(55)22-36-20-35-21-41(54(26-37(35)23-43(36)61-44)47(57)34-4-2-1-3-5-34)46(56)53-40(48(58)59)19-28-6-10-31(11-7-28)32-12-8-29(24-51)9-13-32/h1-18,20,23,25,40-41,44H,19,21-22,26-27H2,(H,53,56)(H,58,59)/t40-,41-,44?/m0/s1. The average molecular weight is 852 g/mol. The molecule has 61 heavy (non-hydrogen) atoms. The van der Waals surface area contributed by atoms with E-state index in [1.165, 1.54) is 4.90 Å². The van der Waals surface area contributed by atoms with Crippen LogP contribution in [0.25, 0.3) is 11.1 Å². The quantitative estimate of drug-likeness (QED) is 0.123. The second-order valence-electron chi connectivity index (χ2n) is 14.9. The van der Waals surface area contributed by atoms with Crippen molar-refractivity contribution in [3.63, 3.8) is 0 Å². The van der Waals surface area contributed by atoms with Crippen LogP contribution >= 0.6 is 23.2 Å². The third-order valence-corrected chi connectivity index (χ3v) is 11.5. The van der Waals surface area contributed by atoms with E-state index in [1.807, 2.05) is 36.4 Å². The lowest BCUT2D eigenvalue weighted by Crippen LogP contribution is -2.56. The highest BCUT2D eigenvalue weighted by molar-refractivity contribution is 6.41. The van der Waals surface area contributed by atoms with Crippen LogP contribution in [0, 0.1) is 11.3 Å². The summed E-state index contributed by atoms with van der Waals surface area (Å²) in [6, 6.07) is 35.2. The summed E-state index contributed by atoms with van der Waals surface area (Å²) in [6.45, 7) is 0.260. The number of ether oxygens (including phenoxy) is 2. The molecule has 3 atom stereocenters. The first kappa shape index (κ1) is 40.8. The van der Waals surface area contributed by atoms with E-state index in [9.17, 15) is 24.3 Å². The highest BCUT2D eigenvalue weighted by Crippen LogP contribution is 2.38. The normalized spacial score (nSPS) is 16.0. The Kier molecular flexibility index (Phi) is 11.8. The smallest absolute Gasteiger partial charge is 0.326 e. The predicted molar refractivity (Wildman–Crippen MR) is 227 cm³/mol. The summed E-state index contributed by atoms with van der Waals surface area (Å²) >= 11 is 12.0. The van der Waals surface area contributed by atoms with Gasteiger partial charge in [0, 0.05) is 54.3 Å². The molecule has 2 N–H and O–H groups in total. The minimum Gasteiger partial charge on any atom is -0.489 e. The van der Waals surface area contributed by atoms with Crippen LogP contribution in [0.4, 0.5) is 0 Å². The number of aliphatic carboxylic acids is 1. The Hall–Kier alpha value is -7.00. The van der Waals surface area contributed by atoms with Crippen LogP contribution in [0.2, 0.25) is 10.2 Å². The van der Waals surface area contributed by atoms with Gasteiger partial charge in [0.15, 0.2) is 11.9 Å². The number of aromatic nitrogens is 1. The van der Waals surface area contributed by atoms with E-state index in [-0.39, 0.29) is 49.3 Å². The number of pyridine rings is 1. The Morgan fingerprint density at radius 1 is 0.885 bits per heavy atom. The third kappa shape index (κ3) is 9.11. The maximum Gasteiger partial charge on any atom is 0.326 e. The number of carboxylic acid groups (broad SMARTS) is 1. The summed E-state index contributed by atoms with van der Waals surface area (Å²) in [4.78, 5) is 59.8. The third-order valence-electron chi connectivity index (χ3n) is 10.8. The van der Waals surface area contributed by atoms with E-state index in [0.717, 1.165) is 27.8 Å². The molecule has 5 aromatic carbocycles. The molecule has 0 saturated heterocycles. The molecule has 1 aromatic heterocycles. The summed E-state index contributed by atoms with van der Waals surface area (Å²) in [6.07, 6.45) is 0.895. The van der Waals surface area contributed by atoms with Gasteiger partial charge in [-0.05, 0) is 76.3 Å². The number of Topliss-reactive ketones (excluding diaryl/α,β-unsaturated/α-hetero) is 1. The molecular weight excluding hydrogens is 815 g/mol. The van der Waals surface area contributed by atoms with Gasteiger partial charge in [0.1, 0.15) is 35.3 Å². The van der Waals surface area contributed by atoms with Crippen molar-refractivity contribution in [3.05, 3.63) is 182 Å². The Morgan fingerprint density at radius 3 is 2.26 bits per heavy atom. The maximum atomic E-state index is 14.2. The van der Waals surface area contributed by atoms with Gasteiger partial charge in [-0.1, -0.05) is 96.0 Å². The summed E-state index contributed by atoms with van der Waals surface area (Å²) in [5, 5.41) is 22.6. The number of ketones is 1. The van der Waals surface area contributed by atoms with Crippen molar-refractivity contribution in [2.75, 3.05) is 0 Å². The van der Waals surface area contributed by atoms with Crippen molar-refractivity contribution < 1.29 is 33.8 Å². The lowest BCUT2D eigenvalue weighted by atomic mass is 9.87. The van der Waals surface area contributed by atoms with Crippen LogP contribution in [0.15, 0.2) is 128 Å². The van der Waals surface area contributed by atoms with Crippen LogP contribution in [0.3, 0.4) is 0 Å². The molecule has 2 aliphatic heterocycles. The van der Waals surface area contributed by atoms with Gasteiger partial charge in [0.25, 0.3) is 5.91 Å². The summed E-state index contributed by atoms with van der Waals surface area (Å²) in [5.41, 5.74) is 6.95. The number of nitrogens with one attached hydrogen (secondary N) is 1. The van der Waals surface area contributed by atoms with E-state index in [2.05, 4.69) is 16.4 Å². The fraction of sp³-hybridized carbons (Fsp3) is 0.167. The molecular formula is C48H36Cl2N4O7. The van der Waals surface area contributed by atoms with Crippen molar-refractivity contribution in [2.45, 2.75) is 50.6 Å². The number of carbonyl (C=O) groups excluding carboxylic acids is 3. The zero-order chi connectivity index (χ0) is 42.6. The van der Waals surface area contributed by atoms with Gasteiger partial charge in [-0.25, -0.2) is 9.78 Å². The van der Waals surface area contributed by atoms with Gasteiger partial charge < -0.3 is 24.8 Å². The maximum absolute atomic E-state index is 14.2. The Bertz CT molecular complexity index is 2690. The van der Waals surface area contributed by atoms with Crippen LogP contribution in [0.5, 0.6) is 11.5 Å². The number of carboxylic acids is 1. The summed E-state index contributed by atoms with van der Waals surface area (Å²) in [7, 11) is 0. The molecule has 3 heterocycles. The van der Waals surface area contributed by atoms with Crippen LogP contribution in [0.1, 0.15) is 55.4 Å². The molecule has 6 aromatic rings. The average Bonchev–Trinajstić information content (AvgIpc) is 3.28. The number of carbonyl (C=O) groups is 4. The van der Waals surface area contributed by atoms with Crippen molar-refractivity contribution in [1.82, 2.24) is 15.2 Å². The number of hydrogen-bond donors (Lipinski definition) is 2. The molecule has 1 unspecified atom stereocenters. The zero-order valence-corrected chi connectivity index (χ0v) is 33.9. The predicted octanol–water partition coefficient (Wildman–Crippen LogP) is 8.13. The van der Waals surface area contributed by atoms with Crippen LogP contribution < -0.4 is 14.8 Å². The summed E-state index contributed by atoms with van der Waals surface area (Å²) < 4.78 is 12.2. The fourth-order valence-electron chi connectivity index (χ4n) is 7.56. The molecule has 0 spiro atoms. The van der Waals surface area contributed by atoms with Crippen LogP contribution in [-0.2, 0) is 46.8 Å². The highest BCUT2D eigenvalue weighted by Gasteiger charge is 2.39. The molecule has 11 nitrogen and oxygen atoms in total. The minimum atomic E-state index is -1.28.